The molecule has 1 aromatic heterocycles. The van der Waals surface area contributed by atoms with Crippen LogP contribution >= 0.6 is 0 Å². The zero-order chi connectivity index (χ0) is 13.8. The van der Waals surface area contributed by atoms with Crippen molar-refractivity contribution >= 4 is 16.8 Å². The first-order valence-corrected chi connectivity index (χ1v) is 6.56. The first-order chi connectivity index (χ1) is 9.08. The van der Waals surface area contributed by atoms with Crippen molar-refractivity contribution in [1.29, 1.82) is 0 Å². The van der Waals surface area contributed by atoms with Crippen molar-refractivity contribution in [2.45, 2.75) is 10.6 Å². The fraction of sp³-hybridized carbons (Fsp3) is 0.0833. The molecule has 0 aliphatic heterocycles. The maximum Gasteiger partial charge on any atom is 0.339 e. The second kappa shape index (κ2) is 5.66. The summed E-state index contributed by atoms with van der Waals surface area (Å²) in [5.74, 6) is -1.79. The number of nitrogens with zero attached hydrogens (tertiary/aromatic N) is 2. The Morgan fingerprint density at radius 2 is 2.21 bits per heavy atom. The molecule has 0 aliphatic rings. The number of aromatic nitrogens is 2. The van der Waals surface area contributed by atoms with E-state index >= 15 is 0 Å². The molecule has 7 heteroatoms. The molecule has 0 saturated carbocycles. The van der Waals surface area contributed by atoms with Crippen molar-refractivity contribution in [3.63, 3.8) is 0 Å². The van der Waals surface area contributed by atoms with Crippen LogP contribution in [0.3, 0.4) is 0 Å². The molecule has 1 heterocycles. The van der Waals surface area contributed by atoms with Crippen LogP contribution in [0.4, 0.5) is 4.39 Å². The molecule has 0 radical (unpaired) electrons. The minimum absolute atomic E-state index is 0.104. The van der Waals surface area contributed by atoms with E-state index in [2.05, 4.69) is 9.97 Å². The van der Waals surface area contributed by atoms with Gasteiger partial charge in [0.15, 0.2) is 0 Å². The standard InChI is InChI=1S/C12H9FN2O3S/c13-8-2-1-3-9(4-8)19(18)6-11-10(12(16)17)5-14-7-15-11/h1-5,7H,6H2,(H,16,17). The minimum atomic E-state index is -1.57. The lowest BCUT2D eigenvalue weighted by atomic mass is 10.2. The third-order valence-electron chi connectivity index (χ3n) is 2.35. The van der Waals surface area contributed by atoms with Crippen LogP contribution in [0.2, 0.25) is 0 Å². The first kappa shape index (κ1) is 13.3. The number of halogens is 1. The van der Waals surface area contributed by atoms with Crippen LogP contribution < -0.4 is 0 Å². The normalized spacial score (nSPS) is 12.1. The molecule has 1 unspecified atom stereocenters. The Bertz CT molecular complexity index is 648. The largest absolute Gasteiger partial charge is 0.478 e. The molecule has 1 aromatic carbocycles. The quantitative estimate of drug-likeness (QED) is 0.920. The maximum absolute atomic E-state index is 13.0. The van der Waals surface area contributed by atoms with Gasteiger partial charge in [-0.25, -0.2) is 19.2 Å². The summed E-state index contributed by atoms with van der Waals surface area (Å²) in [5, 5.41) is 8.95. The van der Waals surface area contributed by atoms with Crippen LogP contribution in [0.5, 0.6) is 0 Å². The number of rotatable bonds is 4. The van der Waals surface area contributed by atoms with Crippen LogP contribution in [0, 0.1) is 5.82 Å². The predicted molar refractivity (Wildman–Crippen MR) is 65.5 cm³/mol. The molecule has 1 atom stereocenters. The summed E-state index contributed by atoms with van der Waals surface area (Å²) in [6.07, 6.45) is 2.33. The SMILES string of the molecule is O=C(O)c1cncnc1CS(=O)c1cccc(F)c1. The molecular weight excluding hydrogens is 271 g/mol. The average Bonchev–Trinajstić information content (AvgIpc) is 2.39. The minimum Gasteiger partial charge on any atom is -0.478 e. The number of hydrogen-bond acceptors (Lipinski definition) is 4. The summed E-state index contributed by atoms with van der Waals surface area (Å²) < 4.78 is 25.1. The highest BCUT2D eigenvalue weighted by Gasteiger charge is 2.15. The number of carboxylic acid groups (broad SMARTS) is 1. The van der Waals surface area contributed by atoms with Crippen molar-refractivity contribution < 1.29 is 18.5 Å². The highest BCUT2D eigenvalue weighted by molar-refractivity contribution is 7.84. The number of aromatic carboxylic acids is 1. The van der Waals surface area contributed by atoms with Gasteiger partial charge in [-0.1, -0.05) is 6.07 Å². The van der Waals surface area contributed by atoms with E-state index in [0.29, 0.717) is 0 Å². The topological polar surface area (TPSA) is 80.2 Å². The second-order valence-corrected chi connectivity index (χ2v) is 5.09. The van der Waals surface area contributed by atoms with Crippen LogP contribution in [0.25, 0.3) is 0 Å². The third-order valence-corrected chi connectivity index (χ3v) is 3.67. The van der Waals surface area contributed by atoms with Crippen molar-refractivity contribution in [3.05, 3.63) is 53.9 Å². The molecule has 0 spiro atoms. The molecule has 0 amide bonds. The van der Waals surface area contributed by atoms with Crippen molar-refractivity contribution in [2.75, 3.05) is 0 Å². The van der Waals surface area contributed by atoms with Gasteiger partial charge in [-0.15, -0.1) is 0 Å². The summed E-state index contributed by atoms with van der Waals surface area (Å²) in [5.41, 5.74) is 0.0531. The lowest BCUT2D eigenvalue weighted by Crippen LogP contribution is -2.08. The Balaban J connectivity index is 2.27. The molecular formula is C12H9FN2O3S. The lowest BCUT2D eigenvalue weighted by molar-refractivity contribution is 0.0695. The van der Waals surface area contributed by atoms with Gasteiger partial charge in [0, 0.05) is 11.1 Å². The molecule has 98 valence electrons. The van der Waals surface area contributed by atoms with E-state index in [9.17, 15) is 13.4 Å². The van der Waals surface area contributed by atoms with E-state index in [1.54, 1.807) is 0 Å². The first-order valence-electron chi connectivity index (χ1n) is 5.24. The van der Waals surface area contributed by atoms with Gasteiger partial charge < -0.3 is 5.11 Å². The summed E-state index contributed by atoms with van der Waals surface area (Å²) >= 11 is 0. The molecule has 0 aliphatic carbocycles. The van der Waals surface area contributed by atoms with Gasteiger partial charge in [-0.3, -0.25) is 4.21 Å². The van der Waals surface area contributed by atoms with Crippen LogP contribution in [-0.4, -0.2) is 25.3 Å². The maximum atomic E-state index is 13.0. The van der Waals surface area contributed by atoms with Gasteiger partial charge in [0.2, 0.25) is 0 Å². The summed E-state index contributed by atoms with van der Waals surface area (Å²) in [6, 6.07) is 5.35. The van der Waals surface area contributed by atoms with E-state index in [1.807, 2.05) is 0 Å². The van der Waals surface area contributed by atoms with E-state index in [4.69, 9.17) is 5.11 Å². The van der Waals surface area contributed by atoms with Gasteiger partial charge in [0.25, 0.3) is 0 Å². The van der Waals surface area contributed by atoms with Crippen molar-refractivity contribution in [1.82, 2.24) is 9.97 Å². The molecule has 19 heavy (non-hydrogen) atoms. The van der Waals surface area contributed by atoms with Crippen molar-refractivity contribution in [3.8, 4) is 0 Å². The summed E-state index contributed by atoms with van der Waals surface area (Å²) in [4.78, 5) is 18.7. The molecule has 1 N–H and O–H groups in total. The number of carboxylic acids is 1. The fourth-order valence-electron chi connectivity index (χ4n) is 1.46. The Kier molecular flexibility index (Phi) is 3.96. The van der Waals surface area contributed by atoms with E-state index in [-0.39, 0.29) is 21.9 Å². The molecule has 2 aromatic rings. The molecule has 0 bridgehead atoms. The van der Waals surface area contributed by atoms with Gasteiger partial charge >= 0.3 is 5.97 Å². The van der Waals surface area contributed by atoms with Gasteiger partial charge in [0.05, 0.1) is 22.2 Å². The Morgan fingerprint density at radius 1 is 1.42 bits per heavy atom. The highest BCUT2D eigenvalue weighted by Crippen LogP contribution is 2.14. The zero-order valence-corrected chi connectivity index (χ0v) is 10.4. The smallest absolute Gasteiger partial charge is 0.339 e. The summed E-state index contributed by atoms with van der Waals surface area (Å²) in [6.45, 7) is 0. The molecule has 0 fully saturated rings. The van der Waals surface area contributed by atoms with E-state index < -0.39 is 22.6 Å². The molecule has 0 saturated heterocycles. The summed E-state index contributed by atoms with van der Waals surface area (Å²) in [7, 11) is -1.57. The second-order valence-electron chi connectivity index (χ2n) is 3.64. The Hall–Kier alpha value is -2.15. The van der Waals surface area contributed by atoms with E-state index in [1.165, 1.54) is 24.5 Å². The lowest BCUT2D eigenvalue weighted by Gasteiger charge is -2.04. The van der Waals surface area contributed by atoms with Crippen molar-refractivity contribution in [2.24, 2.45) is 0 Å². The average molecular weight is 280 g/mol. The molecule has 5 nitrogen and oxygen atoms in total. The number of benzene rings is 1. The van der Waals surface area contributed by atoms with Gasteiger partial charge in [0.1, 0.15) is 17.7 Å². The number of carbonyl (C=O) groups is 1. The Morgan fingerprint density at radius 3 is 2.89 bits per heavy atom. The predicted octanol–water partition coefficient (Wildman–Crippen LogP) is 1.62. The Labute approximate surface area is 110 Å². The van der Waals surface area contributed by atoms with Crippen LogP contribution in [0.1, 0.15) is 16.1 Å². The van der Waals surface area contributed by atoms with E-state index in [0.717, 1.165) is 12.3 Å². The van der Waals surface area contributed by atoms with Crippen LogP contribution in [0.15, 0.2) is 41.7 Å². The fourth-order valence-corrected chi connectivity index (χ4v) is 2.58. The third kappa shape index (κ3) is 3.19. The number of hydrogen-bond donors (Lipinski definition) is 1. The monoisotopic (exact) mass is 280 g/mol. The van der Waals surface area contributed by atoms with Gasteiger partial charge in [-0.2, -0.15) is 0 Å². The van der Waals surface area contributed by atoms with Gasteiger partial charge in [-0.05, 0) is 18.2 Å². The van der Waals surface area contributed by atoms with Crippen LogP contribution in [-0.2, 0) is 16.6 Å². The highest BCUT2D eigenvalue weighted by atomic mass is 32.2. The molecule has 2 rings (SSSR count). The zero-order valence-electron chi connectivity index (χ0n) is 9.62.